The largest absolute Gasteiger partial charge is 0.278 e. The maximum atomic E-state index is 12.3. The zero-order valence-electron chi connectivity index (χ0n) is 10.9. The van der Waals surface area contributed by atoms with Crippen LogP contribution in [0.2, 0.25) is 5.02 Å². The minimum Gasteiger partial charge on any atom is -0.278 e. The second-order valence-electron chi connectivity index (χ2n) is 4.36. The Bertz CT molecular complexity index is 737. The molecule has 0 radical (unpaired) electrons. The number of hydrogen-bond donors (Lipinski definition) is 1. The first kappa shape index (κ1) is 14.6. The number of nitrogens with one attached hydrogen (secondary N) is 1. The summed E-state index contributed by atoms with van der Waals surface area (Å²) in [7, 11) is -3.65. The SMILES string of the molecule is C=Cc1ccc(S(=O)(=O)Nc2cc(C)ccc2Cl)cc1. The minimum absolute atomic E-state index is 0.181. The summed E-state index contributed by atoms with van der Waals surface area (Å²) in [5.41, 5.74) is 2.16. The van der Waals surface area contributed by atoms with Gasteiger partial charge < -0.3 is 0 Å². The van der Waals surface area contributed by atoms with Crippen LogP contribution in [0.15, 0.2) is 53.9 Å². The van der Waals surface area contributed by atoms with E-state index in [1.165, 1.54) is 12.1 Å². The number of anilines is 1. The summed E-state index contributed by atoms with van der Waals surface area (Å²) in [5.74, 6) is 0. The molecule has 2 rings (SSSR count). The second-order valence-corrected chi connectivity index (χ2v) is 6.45. The zero-order chi connectivity index (χ0) is 14.8. The van der Waals surface area contributed by atoms with Crippen LogP contribution >= 0.6 is 11.6 Å². The molecule has 20 heavy (non-hydrogen) atoms. The van der Waals surface area contributed by atoms with Crippen molar-refractivity contribution in [1.82, 2.24) is 0 Å². The molecule has 0 saturated heterocycles. The van der Waals surface area contributed by atoms with Crippen LogP contribution in [0.1, 0.15) is 11.1 Å². The molecule has 0 spiro atoms. The molecule has 0 saturated carbocycles. The molecule has 0 bridgehead atoms. The van der Waals surface area contributed by atoms with Gasteiger partial charge in [-0.05, 0) is 42.3 Å². The van der Waals surface area contributed by atoms with Crippen molar-refractivity contribution in [3.05, 3.63) is 65.2 Å². The molecule has 0 unspecified atom stereocenters. The summed E-state index contributed by atoms with van der Waals surface area (Å²) >= 11 is 6.00. The van der Waals surface area contributed by atoms with Gasteiger partial charge in [0, 0.05) is 0 Å². The third-order valence-electron chi connectivity index (χ3n) is 2.79. The Balaban J connectivity index is 2.35. The van der Waals surface area contributed by atoms with Gasteiger partial charge in [-0.3, -0.25) is 4.72 Å². The number of hydrogen-bond acceptors (Lipinski definition) is 2. The third kappa shape index (κ3) is 3.21. The maximum Gasteiger partial charge on any atom is 0.261 e. The molecule has 0 aromatic heterocycles. The van der Waals surface area contributed by atoms with E-state index in [-0.39, 0.29) is 4.90 Å². The number of halogens is 1. The van der Waals surface area contributed by atoms with Crippen LogP contribution in [0.4, 0.5) is 5.69 Å². The fourth-order valence-corrected chi connectivity index (χ4v) is 3.00. The molecule has 3 nitrogen and oxygen atoms in total. The molecule has 0 aliphatic heterocycles. The summed E-state index contributed by atoms with van der Waals surface area (Å²) in [6.45, 7) is 5.50. The van der Waals surface area contributed by atoms with Crippen molar-refractivity contribution in [1.29, 1.82) is 0 Å². The van der Waals surface area contributed by atoms with Gasteiger partial charge in [0.2, 0.25) is 0 Å². The first-order valence-electron chi connectivity index (χ1n) is 5.94. The van der Waals surface area contributed by atoms with Gasteiger partial charge in [0.15, 0.2) is 0 Å². The lowest BCUT2D eigenvalue weighted by atomic mass is 10.2. The molecular formula is C15H14ClNO2S. The van der Waals surface area contributed by atoms with E-state index in [0.29, 0.717) is 10.7 Å². The second kappa shape index (κ2) is 5.69. The van der Waals surface area contributed by atoms with E-state index >= 15 is 0 Å². The van der Waals surface area contributed by atoms with Gasteiger partial charge in [-0.25, -0.2) is 8.42 Å². The van der Waals surface area contributed by atoms with Crippen molar-refractivity contribution in [3.63, 3.8) is 0 Å². The Morgan fingerprint density at radius 1 is 1.15 bits per heavy atom. The van der Waals surface area contributed by atoms with E-state index in [4.69, 9.17) is 11.6 Å². The van der Waals surface area contributed by atoms with Crippen LogP contribution in [0.5, 0.6) is 0 Å². The molecule has 104 valence electrons. The molecule has 0 heterocycles. The zero-order valence-corrected chi connectivity index (χ0v) is 12.5. The molecule has 2 aromatic carbocycles. The fourth-order valence-electron chi connectivity index (χ4n) is 1.70. The number of rotatable bonds is 4. The molecule has 0 amide bonds. The molecule has 2 aromatic rings. The topological polar surface area (TPSA) is 46.2 Å². The molecular weight excluding hydrogens is 294 g/mol. The van der Waals surface area contributed by atoms with Crippen LogP contribution in [-0.4, -0.2) is 8.42 Å². The normalized spacial score (nSPS) is 11.1. The average molecular weight is 308 g/mol. The highest BCUT2D eigenvalue weighted by atomic mass is 35.5. The van der Waals surface area contributed by atoms with Gasteiger partial charge in [-0.2, -0.15) is 0 Å². The molecule has 0 atom stereocenters. The van der Waals surface area contributed by atoms with Crippen molar-refractivity contribution in [3.8, 4) is 0 Å². The van der Waals surface area contributed by atoms with E-state index in [9.17, 15) is 8.42 Å². The smallest absolute Gasteiger partial charge is 0.261 e. The predicted octanol–water partition coefficient (Wildman–Crippen LogP) is 4.09. The fraction of sp³-hybridized carbons (Fsp3) is 0.0667. The van der Waals surface area contributed by atoms with E-state index in [0.717, 1.165) is 11.1 Å². The summed E-state index contributed by atoms with van der Waals surface area (Å²) in [6.07, 6.45) is 1.65. The Labute approximate surface area is 124 Å². The van der Waals surface area contributed by atoms with Crippen LogP contribution < -0.4 is 4.72 Å². The average Bonchev–Trinajstić information content (AvgIpc) is 2.43. The molecule has 5 heteroatoms. The van der Waals surface area contributed by atoms with Crippen LogP contribution in [0.25, 0.3) is 6.08 Å². The van der Waals surface area contributed by atoms with E-state index in [2.05, 4.69) is 11.3 Å². The Morgan fingerprint density at radius 3 is 2.40 bits per heavy atom. The Kier molecular flexibility index (Phi) is 4.16. The van der Waals surface area contributed by atoms with Crippen molar-refractivity contribution >= 4 is 33.4 Å². The summed E-state index contributed by atoms with van der Waals surface area (Å²) in [4.78, 5) is 0.181. The van der Waals surface area contributed by atoms with Gasteiger partial charge >= 0.3 is 0 Å². The first-order valence-corrected chi connectivity index (χ1v) is 7.80. The van der Waals surface area contributed by atoms with Crippen LogP contribution in [-0.2, 0) is 10.0 Å². The highest BCUT2D eigenvalue weighted by molar-refractivity contribution is 7.92. The van der Waals surface area contributed by atoms with Gasteiger partial charge in [-0.15, -0.1) is 0 Å². The highest BCUT2D eigenvalue weighted by Crippen LogP contribution is 2.25. The van der Waals surface area contributed by atoms with Gasteiger partial charge in [0.05, 0.1) is 15.6 Å². The van der Waals surface area contributed by atoms with Gasteiger partial charge in [0.25, 0.3) is 10.0 Å². The quantitative estimate of drug-likeness (QED) is 0.924. The summed E-state index contributed by atoms with van der Waals surface area (Å²) in [5, 5.41) is 0.363. The molecule has 0 fully saturated rings. The Morgan fingerprint density at radius 2 is 1.80 bits per heavy atom. The van der Waals surface area contributed by atoms with Crippen molar-refractivity contribution in [2.45, 2.75) is 11.8 Å². The van der Waals surface area contributed by atoms with Crippen LogP contribution in [0, 0.1) is 6.92 Å². The van der Waals surface area contributed by atoms with Crippen molar-refractivity contribution in [2.75, 3.05) is 4.72 Å². The standard InChI is InChI=1S/C15H14ClNO2S/c1-3-12-5-7-13(8-6-12)20(18,19)17-15-10-11(2)4-9-14(15)16/h3-10,17H,1H2,2H3. The summed E-state index contributed by atoms with van der Waals surface area (Å²) < 4.78 is 27.0. The Hall–Kier alpha value is -1.78. The minimum atomic E-state index is -3.65. The van der Waals surface area contributed by atoms with Crippen LogP contribution in [0.3, 0.4) is 0 Å². The maximum absolute atomic E-state index is 12.3. The molecule has 0 aliphatic rings. The monoisotopic (exact) mass is 307 g/mol. The van der Waals surface area contributed by atoms with Crippen molar-refractivity contribution < 1.29 is 8.42 Å². The lowest BCUT2D eigenvalue weighted by Gasteiger charge is -2.10. The summed E-state index contributed by atoms with van der Waals surface area (Å²) in [6, 6.07) is 11.6. The lowest BCUT2D eigenvalue weighted by molar-refractivity contribution is 0.601. The predicted molar refractivity (Wildman–Crippen MR) is 83.5 cm³/mol. The first-order chi connectivity index (χ1) is 9.42. The third-order valence-corrected chi connectivity index (χ3v) is 4.50. The van der Waals surface area contributed by atoms with E-state index in [1.807, 2.05) is 13.0 Å². The molecule has 0 aliphatic carbocycles. The number of benzene rings is 2. The molecule has 1 N–H and O–H groups in total. The number of sulfonamides is 1. The van der Waals surface area contributed by atoms with Gasteiger partial charge in [-0.1, -0.05) is 42.5 Å². The lowest BCUT2D eigenvalue weighted by Crippen LogP contribution is -2.13. The van der Waals surface area contributed by atoms with Gasteiger partial charge in [0.1, 0.15) is 0 Å². The van der Waals surface area contributed by atoms with E-state index in [1.54, 1.807) is 30.3 Å². The number of aryl methyl sites for hydroxylation is 1. The van der Waals surface area contributed by atoms with Crippen molar-refractivity contribution in [2.24, 2.45) is 0 Å². The van der Waals surface area contributed by atoms with E-state index < -0.39 is 10.0 Å². The highest BCUT2D eigenvalue weighted by Gasteiger charge is 2.15.